The van der Waals surface area contributed by atoms with Gasteiger partial charge in [0.05, 0.1) is 12.7 Å². The fourth-order valence-corrected chi connectivity index (χ4v) is 3.15. The number of hydrogen-bond donors (Lipinski definition) is 2. The maximum atomic E-state index is 11.8. The van der Waals surface area contributed by atoms with E-state index < -0.39 is 0 Å². The molecule has 0 radical (unpaired) electrons. The molecule has 6 nitrogen and oxygen atoms in total. The third-order valence-electron chi connectivity index (χ3n) is 2.89. The highest BCUT2D eigenvalue weighted by molar-refractivity contribution is 7.99. The molecule has 0 aromatic carbocycles. The van der Waals surface area contributed by atoms with Crippen molar-refractivity contribution in [1.29, 1.82) is 0 Å². The zero-order chi connectivity index (χ0) is 12.8. The minimum atomic E-state index is -0.149. The Kier molecular flexibility index (Phi) is 5.00. The predicted molar refractivity (Wildman–Crippen MR) is 71.5 cm³/mol. The van der Waals surface area contributed by atoms with Crippen molar-refractivity contribution < 1.29 is 4.79 Å². The zero-order valence-corrected chi connectivity index (χ0v) is 11.2. The molecule has 1 amide bonds. The average Bonchev–Trinajstić information content (AvgIpc) is 2.86. The molecule has 1 aliphatic heterocycles. The van der Waals surface area contributed by atoms with Crippen LogP contribution < -0.4 is 11.1 Å². The summed E-state index contributed by atoms with van der Waals surface area (Å²) < 4.78 is 1.59. The number of nitrogens with zero attached hydrogens (tertiary/aromatic N) is 3. The van der Waals surface area contributed by atoms with Crippen molar-refractivity contribution in [2.24, 2.45) is 5.73 Å². The van der Waals surface area contributed by atoms with Crippen LogP contribution in [-0.2, 0) is 6.54 Å². The van der Waals surface area contributed by atoms with Crippen LogP contribution in [0.2, 0.25) is 0 Å². The fraction of sp³-hybridized carbons (Fsp3) is 0.727. The van der Waals surface area contributed by atoms with Gasteiger partial charge in [-0.15, -0.1) is 5.10 Å². The molecular formula is C11H19N5OS. The minimum absolute atomic E-state index is 0.149. The molecule has 3 N–H and O–H groups in total. The lowest BCUT2D eigenvalue weighted by molar-refractivity contribution is 0.0948. The topological polar surface area (TPSA) is 85.8 Å². The third-order valence-corrected chi connectivity index (χ3v) is 4.29. The summed E-state index contributed by atoms with van der Waals surface area (Å²) in [5.41, 5.74) is 5.78. The summed E-state index contributed by atoms with van der Waals surface area (Å²) >= 11 is 1.94. The molecular weight excluding hydrogens is 250 g/mol. The lowest BCUT2D eigenvalue weighted by atomic mass is 10.2. The van der Waals surface area contributed by atoms with E-state index in [9.17, 15) is 4.79 Å². The van der Waals surface area contributed by atoms with Gasteiger partial charge in [-0.25, -0.2) is 0 Å². The first-order valence-electron chi connectivity index (χ1n) is 6.29. The van der Waals surface area contributed by atoms with Crippen LogP contribution in [0.5, 0.6) is 0 Å². The van der Waals surface area contributed by atoms with Crippen molar-refractivity contribution >= 4 is 17.7 Å². The number of carbonyl (C=O) groups is 1. The highest BCUT2D eigenvalue weighted by atomic mass is 32.2. The van der Waals surface area contributed by atoms with Gasteiger partial charge in [-0.2, -0.15) is 11.8 Å². The van der Waals surface area contributed by atoms with Crippen molar-refractivity contribution in [3.63, 3.8) is 0 Å². The Morgan fingerprint density at radius 2 is 2.50 bits per heavy atom. The first-order valence-corrected chi connectivity index (χ1v) is 7.34. The SMILES string of the molecule is NCCn1cc(C(=O)NCC2CCCCS2)nn1. The van der Waals surface area contributed by atoms with Gasteiger partial charge in [-0.05, 0) is 18.6 Å². The Balaban J connectivity index is 1.79. The van der Waals surface area contributed by atoms with Gasteiger partial charge in [0.15, 0.2) is 5.69 Å². The fourth-order valence-electron chi connectivity index (χ4n) is 1.91. The number of carbonyl (C=O) groups excluding carboxylic acids is 1. The van der Waals surface area contributed by atoms with E-state index in [0.717, 1.165) is 0 Å². The van der Waals surface area contributed by atoms with Crippen LogP contribution in [-0.4, -0.2) is 45.0 Å². The van der Waals surface area contributed by atoms with Crippen LogP contribution >= 0.6 is 11.8 Å². The second-order valence-electron chi connectivity index (χ2n) is 4.35. The summed E-state index contributed by atoms with van der Waals surface area (Å²) in [4.78, 5) is 11.8. The van der Waals surface area contributed by atoms with Gasteiger partial charge in [0.1, 0.15) is 0 Å². The Morgan fingerprint density at radius 1 is 1.61 bits per heavy atom. The number of aromatic nitrogens is 3. The molecule has 1 unspecified atom stereocenters. The van der Waals surface area contributed by atoms with Crippen LogP contribution in [0.1, 0.15) is 29.8 Å². The maximum Gasteiger partial charge on any atom is 0.273 e. The zero-order valence-electron chi connectivity index (χ0n) is 10.3. The van der Waals surface area contributed by atoms with Gasteiger partial charge >= 0.3 is 0 Å². The van der Waals surface area contributed by atoms with E-state index in [1.54, 1.807) is 10.9 Å². The molecule has 1 atom stereocenters. The highest BCUT2D eigenvalue weighted by Gasteiger charge is 2.16. The lowest BCUT2D eigenvalue weighted by Crippen LogP contribution is -2.32. The number of hydrogen-bond acceptors (Lipinski definition) is 5. The summed E-state index contributed by atoms with van der Waals surface area (Å²) in [5, 5.41) is 11.1. The van der Waals surface area contributed by atoms with E-state index in [1.165, 1.54) is 25.0 Å². The smallest absolute Gasteiger partial charge is 0.273 e. The summed E-state index contributed by atoms with van der Waals surface area (Å²) in [7, 11) is 0. The molecule has 7 heteroatoms. The molecule has 0 spiro atoms. The molecule has 0 bridgehead atoms. The van der Waals surface area contributed by atoms with Gasteiger partial charge < -0.3 is 11.1 Å². The Labute approximate surface area is 111 Å². The number of amides is 1. The lowest BCUT2D eigenvalue weighted by Gasteiger charge is -2.21. The van der Waals surface area contributed by atoms with Crippen LogP contribution in [0.3, 0.4) is 0 Å². The van der Waals surface area contributed by atoms with E-state index in [-0.39, 0.29) is 5.91 Å². The highest BCUT2D eigenvalue weighted by Crippen LogP contribution is 2.24. The van der Waals surface area contributed by atoms with Crippen molar-refractivity contribution in [2.75, 3.05) is 18.8 Å². The molecule has 2 rings (SSSR count). The molecule has 0 aliphatic carbocycles. The first-order chi connectivity index (χ1) is 8.79. The summed E-state index contributed by atoms with van der Waals surface area (Å²) in [6.07, 6.45) is 5.38. The largest absolute Gasteiger partial charge is 0.349 e. The maximum absolute atomic E-state index is 11.8. The normalized spacial score (nSPS) is 19.7. The Morgan fingerprint density at radius 3 is 3.22 bits per heavy atom. The van der Waals surface area contributed by atoms with E-state index in [0.29, 0.717) is 30.6 Å². The van der Waals surface area contributed by atoms with Gasteiger partial charge in [-0.3, -0.25) is 9.48 Å². The van der Waals surface area contributed by atoms with Gasteiger partial charge in [0, 0.05) is 18.3 Å². The van der Waals surface area contributed by atoms with Crippen molar-refractivity contribution in [2.45, 2.75) is 31.1 Å². The Hall–Kier alpha value is -1.08. The molecule has 0 saturated carbocycles. The van der Waals surface area contributed by atoms with E-state index in [2.05, 4.69) is 15.6 Å². The van der Waals surface area contributed by atoms with Gasteiger partial charge in [-0.1, -0.05) is 11.6 Å². The first kappa shape index (κ1) is 13.4. The molecule has 1 aromatic rings. The molecule has 2 heterocycles. The number of nitrogens with two attached hydrogens (primary N) is 1. The number of rotatable bonds is 5. The van der Waals surface area contributed by atoms with Gasteiger partial charge in [0.2, 0.25) is 0 Å². The molecule has 18 heavy (non-hydrogen) atoms. The van der Waals surface area contributed by atoms with Crippen molar-refractivity contribution in [3.05, 3.63) is 11.9 Å². The summed E-state index contributed by atoms with van der Waals surface area (Å²) in [6, 6.07) is 0. The minimum Gasteiger partial charge on any atom is -0.349 e. The third kappa shape index (κ3) is 3.71. The Bertz CT molecular complexity index is 389. The van der Waals surface area contributed by atoms with Crippen molar-refractivity contribution in [3.8, 4) is 0 Å². The van der Waals surface area contributed by atoms with Crippen LogP contribution in [0.4, 0.5) is 0 Å². The van der Waals surface area contributed by atoms with E-state index in [1.807, 2.05) is 11.8 Å². The van der Waals surface area contributed by atoms with Crippen LogP contribution in [0.15, 0.2) is 6.20 Å². The second kappa shape index (κ2) is 6.75. The average molecular weight is 269 g/mol. The molecule has 1 fully saturated rings. The van der Waals surface area contributed by atoms with Gasteiger partial charge in [0.25, 0.3) is 5.91 Å². The predicted octanol–water partition coefficient (Wildman–Crippen LogP) is 0.252. The standard InChI is InChI=1S/C11H19N5OS/c12-4-5-16-8-10(14-15-16)11(17)13-7-9-3-1-2-6-18-9/h8-9H,1-7,12H2,(H,13,17). The molecule has 100 valence electrons. The van der Waals surface area contributed by atoms with Crippen LogP contribution in [0.25, 0.3) is 0 Å². The molecule has 1 aliphatic rings. The molecule has 1 saturated heterocycles. The second-order valence-corrected chi connectivity index (χ2v) is 5.76. The van der Waals surface area contributed by atoms with E-state index >= 15 is 0 Å². The molecule has 1 aromatic heterocycles. The van der Waals surface area contributed by atoms with Crippen molar-refractivity contribution in [1.82, 2.24) is 20.3 Å². The monoisotopic (exact) mass is 269 g/mol. The number of thioether (sulfide) groups is 1. The number of nitrogens with one attached hydrogen (secondary N) is 1. The van der Waals surface area contributed by atoms with Crippen LogP contribution in [0, 0.1) is 0 Å². The quantitative estimate of drug-likeness (QED) is 0.800. The summed E-state index contributed by atoms with van der Waals surface area (Å²) in [6.45, 7) is 1.79. The van der Waals surface area contributed by atoms with E-state index in [4.69, 9.17) is 5.73 Å². The summed E-state index contributed by atoms with van der Waals surface area (Å²) in [5.74, 6) is 1.05.